The minimum absolute atomic E-state index is 0.0846. The van der Waals surface area contributed by atoms with Crippen LogP contribution in [0.1, 0.15) is 37.9 Å². The summed E-state index contributed by atoms with van der Waals surface area (Å²) >= 11 is 0. The number of benzene rings is 3. The molecule has 3 aromatic carbocycles. The van der Waals surface area contributed by atoms with E-state index in [1.54, 1.807) is 43.3 Å². The highest BCUT2D eigenvalue weighted by atomic mass is 19.2. The molecule has 0 aliphatic carbocycles. The average molecular weight is 437 g/mol. The molecule has 1 atom stereocenters. The fraction of sp³-hybridized carbons (Fsp3) is 0.125. The van der Waals surface area contributed by atoms with Crippen molar-refractivity contribution in [2.75, 3.05) is 12.4 Å². The Morgan fingerprint density at radius 1 is 0.812 bits per heavy atom. The minimum Gasteiger partial charge on any atom is -0.357 e. The van der Waals surface area contributed by atoms with E-state index in [1.807, 2.05) is 0 Å². The molecule has 0 aliphatic heterocycles. The van der Waals surface area contributed by atoms with Gasteiger partial charge >= 0.3 is 0 Å². The van der Waals surface area contributed by atoms with Crippen LogP contribution >= 0.6 is 0 Å². The monoisotopic (exact) mass is 437 g/mol. The van der Waals surface area contributed by atoms with Gasteiger partial charge < -0.3 is 16.0 Å². The molecule has 0 bridgehead atoms. The molecular weight excluding hydrogens is 416 g/mol. The first-order valence-corrected chi connectivity index (χ1v) is 9.74. The van der Waals surface area contributed by atoms with Crippen LogP contribution in [-0.4, -0.2) is 24.8 Å². The van der Waals surface area contributed by atoms with Crippen LogP contribution in [0.4, 0.5) is 14.5 Å². The number of hydrogen-bond acceptors (Lipinski definition) is 3. The van der Waals surface area contributed by atoms with Crippen LogP contribution in [0.3, 0.4) is 0 Å². The van der Waals surface area contributed by atoms with Gasteiger partial charge in [-0.1, -0.05) is 30.3 Å². The highest BCUT2D eigenvalue weighted by molar-refractivity contribution is 6.05. The van der Waals surface area contributed by atoms with E-state index in [4.69, 9.17) is 0 Å². The predicted octanol–water partition coefficient (Wildman–Crippen LogP) is 3.74. The molecule has 0 saturated carbocycles. The van der Waals surface area contributed by atoms with Crippen molar-refractivity contribution in [1.82, 2.24) is 10.6 Å². The first-order chi connectivity index (χ1) is 15.3. The van der Waals surface area contributed by atoms with Crippen LogP contribution in [0.25, 0.3) is 0 Å². The van der Waals surface area contributed by atoms with Gasteiger partial charge in [0.1, 0.15) is 6.04 Å². The van der Waals surface area contributed by atoms with E-state index < -0.39 is 29.5 Å². The summed E-state index contributed by atoms with van der Waals surface area (Å²) in [6.07, 6.45) is 0. The SMILES string of the molecule is CNC(=O)C(NC(=O)c1ccc(C)c(NC(=O)c2ccccc2)c1)c1ccc(F)c(F)c1. The Hall–Kier alpha value is -4.07. The Kier molecular flexibility index (Phi) is 6.94. The normalized spacial score (nSPS) is 11.4. The van der Waals surface area contributed by atoms with Crippen molar-refractivity contribution in [2.45, 2.75) is 13.0 Å². The van der Waals surface area contributed by atoms with Crippen molar-refractivity contribution in [3.63, 3.8) is 0 Å². The van der Waals surface area contributed by atoms with E-state index in [-0.39, 0.29) is 17.0 Å². The summed E-state index contributed by atoms with van der Waals surface area (Å²) in [7, 11) is 1.37. The van der Waals surface area contributed by atoms with Gasteiger partial charge in [-0.15, -0.1) is 0 Å². The van der Waals surface area contributed by atoms with Crippen molar-refractivity contribution in [3.8, 4) is 0 Å². The van der Waals surface area contributed by atoms with Crippen LogP contribution < -0.4 is 16.0 Å². The van der Waals surface area contributed by atoms with E-state index in [2.05, 4.69) is 16.0 Å². The van der Waals surface area contributed by atoms with Crippen molar-refractivity contribution in [3.05, 3.63) is 101 Å². The highest BCUT2D eigenvalue weighted by Crippen LogP contribution is 2.21. The molecule has 164 valence electrons. The number of aryl methyl sites for hydroxylation is 1. The van der Waals surface area contributed by atoms with E-state index in [0.29, 0.717) is 11.3 Å². The average Bonchev–Trinajstić information content (AvgIpc) is 2.80. The fourth-order valence-electron chi connectivity index (χ4n) is 3.03. The summed E-state index contributed by atoms with van der Waals surface area (Å²) in [6.45, 7) is 1.77. The third-order valence-corrected chi connectivity index (χ3v) is 4.84. The largest absolute Gasteiger partial charge is 0.357 e. The number of rotatable bonds is 6. The van der Waals surface area contributed by atoms with Crippen molar-refractivity contribution >= 4 is 23.4 Å². The van der Waals surface area contributed by atoms with Gasteiger partial charge in [0.15, 0.2) is 11.6 Å². The molecule has 0 saturated heterocycles. The maximum Gasteiger partial charge on any atom is 0.255 e. The Morgan fingerprint density at radius 2 is 1.53 bits per heavy atom. The van der Waals surface area contributed by atoms with Crippen molar-refractivity contribution < 1.29 is 23.2 Å². The van der Waals surface area contributed by atoms with Gasteiger partial charge in [0.25, 0.3) is 11.8 Å². The van der Waals surface area contributed by atoms with Crippen LogP contribution in [0, 0.1) is 18.6 Å². The first kappa shape index (κ1) is 22.6. The molecule has 8 heteroatoms. The zero-order valence-electron chi connectivity index (χ0n) is 17.4. The summed E-state index contributed by atoms with van der Waals surface area (Å²) in [6, 6.07) is 15.0. The molecule has 0 spiro atoms. The Bertz CT molecular complexity index is 1170. The molecule has 0 radical (unpaired) electrons. The number of likely N-dealkylation sites (N-methyl/N-ethyl adjacent to an activating group) is 1. The Balaban J connectivity index is 1.84. The quantitative estimate of drug-likeness (QED) is 0.549. The summed E-state index contributed by atoms with van der Waals surface area (Å²) in [5.74, 6) is -3.76. The lowest BCUT2D eigenvalue weighted by Crippen LogP contribution is -2.39. The lowest BCUT2D eigenvalue weighted by molar-refractivity contribution is -0.122. The highest BCUT2D eigenvalue weighted by Gasteiger charge is 2.24. The molecular formula is C24H21F2N3O3. The molecule has 3 aromatic rings. The first-order valence-electron chi connectivity index (χ1n) is 9.74. The summed E-state index contributed by atoms with van der Waals surface area (Å²) < 4.78 is 27.0. The Labute approximate surface area is 183 Å². The fourth-order valence-corrected chi connectivity index (χ4v) is 3.03. The van der Waals surface area contributed by atoms with Gasteiger partial charge in [-0.25, -0.2) is 8.78 Å². The summed E-state index contributed by atoms with van der Waals surface area (Å²) in [5, 5.41) is 7.68. The molecule has 1 unspecified atom stereocenters. The number of hydrogen-bond donors (Lipinski definition) is 3. The van der Waals surface area contributed by atoms with Gasteiger partial charge in [0.05, 0.1) is 0 Å². The molecule has 0 aliphatic rings. The standard InChI is InChI=1S/C24H21F2N3O3/c1-14-8-9-17(13-20(14)28-22(30)15-6-4-3-5-7-15)23(31)29-21(24(32)27-2)16-10-11-18(25)19(26)12-16/h3-13,21H,1-2H3,(H,27,32)(H,28,30)(H,29,31). The zero-order valence-corrected chi connectivity index (χ0v) is 17.4. The number of halogens is 2. The number of nitrogens with one attached hydrogen (secondary N) is 3. The van der Waals surface area contributed by atoms with Gasteiger partial charge in [-0.3, -0.25) is 14.4 Å². The second kappa shape index (κ2) is 9.82. The molecule has 3 amide bonds. The minimum atomic E-state index is -1.24. The lowest BCUT2D eigenvalue weighted by atomic mass is 10.0. The summed E-state index contributed by atoms with van der Waals surface area (Å²) in [4.78, 5) is 37.6. The van der Waals surface area contributed by atoms with Gasteiger partial charge in [-0.2, -0.15) is 0 Å². The van der Waals surface area contributed by atoms with E-state index >= 15 is 0 Å². The van der Waals surface area contributed by atoms with Crippen LogP contribution in [0.5, 0.6) is 0 Å². The number of carbonyl (C=O) groups is 3. The van der Waals surface area contributed by atoms with Crippen molar-refractivity contribution in [1.29, 1.82) is 0 Å². The van der Waals surface area contributed by atoms with Crippen LogP contribution in [-0.2, 0) is 4.79 Å². The molecule has 3 rings (SSSR count). The molecule has 32 heavy (non-hydrogen) atoms. The predicted molar refractivity (Wildman–Crippen MR) is 116 cm³/mol. The number of amides is 3. The second-order valence-corrected chi connectivity index (χ2v) is 7.04. The molecule has 3 N–H and O–H groups in total. The van der Waals surface area contributed by atoms with Gasteiger partial charge in [0, 0.05) is 23.9 Å². The zero-order chi connectivity index (χ0) is 23.3. The smallest absolute Gasteiger partial charge is 0.255 e. The van der Waals surface area contributed by atoms with E-state index in [0.717, 1.165) is 17.7 Å². The van der Waals surface area contributed by atoms with E-state index in [9.17, 15) is 23.2 Å². The van der Waals surface area contributed by atoms with Crippen LogP contribution in [0.15, 0.2) is 66.7 Å². The van der Waals surface area contributed by atoms with Crippen molar-refractivity contribution in [2.24, 2.45) is 0 Å². The lowest BCUT2D eigenvalue weighted by Gasteiger charge is -2.18. The molecule has 0 heterocycles. The molecule has 0 fully saturated rings. The third kappa shape index (κ3) is 5.15. The second-order valence-electron chi connectivity index (χ2n) is 7.04. The molecule has 0 aromatic heterocycles. The maximum atomic E-state index is 13.7. The number of carbonyl (C=O) groups excluding carboxylic acids is 3. The topological polar surface area (TPSA) is 87.3 Å². The van der Waals surface area contributed by atoms with Crippen LogP contribution in [0.2, 0.25) is 0 Å². The maximum absolute atomic E-state index is 13.7. The number of anilines is 1. The third-order valence-electron chi connectivity index (χ3n) is 4.84. The van der Waals surface area contributed by atoms with E-state index in [1.165, 1.54) is 25.2 Å². The summed E-state index contributed by atoms with van der Waals surface area (Å²) in [5.41, 5.74) is 1.88. The van der Waals surface area contributed by atoms with Gasteiger partial charge in [-0.05, 0) is 54.4 Å². The molecule has 6 nitrogen and oxygen atoms in total. The Morgan fingerprint density at radius 3 is 2.19 bits per heavy atom. The van der Waals surface area contributed by atoms with Gasteiger partial charge in [0.2, 0.25) is 5.91 Å².